The average molecular weight is 370 g/mol. The van der Waals surface area contributed by atoms with Gasteiger partial charge in [-0.25, -0.2) is 4.79 Å². The molecule has 7 heteroatoms. The Balaban J connectivity index is 1.68. The van der Waals surface area contributed by atoms with Gasteiger partial charge in [-0.05, 0) is 5.56 Å². The first-order valence-electron chi connectivity index (χ1n) is 8.25. The van der Waals surface area contributed by atoms with Crippen molar-refractivity contribution in [2.24, 2.45) is 0 Å². The molecule has 7 nitrogen and oxygen atoms in total. The number of esters is 1. The number of cyclic esters (lactones) is 1. The first-order valence-corrected chi connectivity index (χ1v) is 8.25. The van der Waals surface area contributed by atoms with Gasteiger partial charge in [0.1, 0.15) is 12.7 Å². The zero-order chi connectivity index (χ0) is 19.4. The van der Waals surface area contributed by atoms with E-state index in [0.717, 1.165) is 0 Å². The van der Waals surface area contributed by atoms with Crippen molar-refractivity contribution in [1.82, 2.24) is 0 Å². The minimum absolute atomic E-state index is 0.0233. The van der Waals surface area contributed by atoms with Crippen LogP contribution in [0.3, 0.4) is 0 Å². The fourth-order valence-electron chi connectivity index (χ4n) is 2.63. The van der Waals surface area contributed by atoms with Crippen LogP contribution in [-0.4, -0.2) is 45.9 Å². The second-order valence-corrected chi connectivity index (χ2v) is 5.97. The maximum absolute atomic E-state index is 12.4. The summed E-state index contributed by atoms with van der Waals surface area (Å²) in [5.74, 6) is -2.09. The van der Waals surface area contributed by atoms with Crippen LogP contribution in [0.25, 0.3) is 0 Å². The van der Waals surface area contributed by atoms with E-state index < -0.39 is 30.5 Å². The maximum Gasteiger partial charge on any atom is 0.378 e. The molecule has 1 heterocycles. The first-order chi connectivity index (χ1) is 13.0. The molecular weight excluding hydrogens is 352 g/mol. The molecule has 0 aromatic heterocycles. The topological polar surface area (TPSA) is 113 Å². The number of aliphatic hydroxyl groups excluding tert-OH is 3. The lowest BCUT2D eigenvalue weighted by molar-refractivity contribution is -0.148. The van der Waals surface area contributed by atoms with Crippen molar-refractivity contribution in [3.8, 4) is 0 Å². The van der Waals surface area contributed by atoms with Crippen LogP contribution in [0.4, 0.5) is 0 Å². The van der Waals surface area contributed by atoms with Gasteiger partial charge in [-0.15, -0.1) is 0 Å². The van der Waals surface area contributed by atoms with Gasteiger partial charge in [0, 0.05) is 11.1 Å². The van der Waals surface area contributed by atoms with Crippen LogP contribution in [0, 0.1) is 0 Å². The van der Waals surface area contributed by atoms with E-state index in [9.17, 15) is 19.8 Å². The van der Waals surface area contributed by atoms with Crippen LogP contribution in [0.2, 0.25) is 0 Å². The molecule has 0 saturated carbocycles. The van der Waals surface area contributed by atoms with Gasteiger partial charge in [0.25, 0.3) is 0 Å². The monoisotopic (exact) mass is 370 g/mol. The summed E-state index contributed by atoms with van der Waals surface area (Å²) in [6, 6.07) is 15.6. The van der Waals surface area contributed by atoms with Crippen molar-refractivity contribution in [2.75, 3.05) is 6.61 Å². The van der Waals surface area contributed by atoms with Crippen LogP contribution in [-0.2, 0) is 20.9 Å². The van der Waals surface area contributed by atoms with Crippen molar-refractivity contribution in [2.45, 2.75) is 18.8 Å². The minimum atomic E-state index is -1.40. The van der Waals surface area contributed by atoms with Gasteiger partial charge >= 0.3 is 5.97 Å². The fraction of sp³-hybridized carbons (Fsp3) is 0.200. The Hall–Kier alpha value is -3.16. The molecule has 0 bridgehead atoms. The van der Waals surface area contributed by atoms with Gasteiger partial charge in [-0.3, -0.25) is 4.79 Å². The molecular formula is C20H18O7. The molecule has 140 valence electrons. The summed E-state index contributed by atoms with van der Waals surface area (Å²) >= 11 is 0. The Morgan fingerprint density at radius 1 is 1.07 bits per heavy atom. The molecule has 0 amide bonds. The summed E-state index contributed by atoms with van der Waals surface area (Å²) in [5.41, 5.74) is 1.77. The quantitative estimate of drug-likeness (QED) is 0.500. The lowest BCUT2D eigenvalue weighted by Gasteiger charge is -2.18. The molecule has 3 rings (SSSR count). The van der Waals surface area contributed by atoms with Gasteiger partial charge in [-0.1, -0.05) is 54.6 Å². The van der Waals surface area contributed by atoms with Crippen LogP contribution in [0.15, 0.2) is 66.1 Å². The Bertz CT molecular complexity index is 856. The zero-order valence-electron chi connectivity index (χ0n) is 14.2. The van der Waals surface area contributed by atoms with E-state index in [4.69, 9.17) is 14.6 Å². The van der Waals surface area contributed by atoms with E-state index in [2.05, 4.69) is 0 Å². The van der Waals surface area contributed by atoms with E-state index in [1.165, 1.54) is 0 Å². The summed E-state index contributed by atoms with van der Waals surface area (Å²) in [4.78, 5) is 23.8. The van der Waals surface area contributed by atoms with Gasteiger partial charge in [0.05, 0.1) is 6.61 Å². The summed E-state index contributed by atoms with van der Waals surface area (Å²) in [5, 5.41) is 28.4. The molecule has 2 aromatic rings. The third-order valence-corrected chi connectivity index (χ3v) is 4.10. The molecule has 0 spiro atoms. The number of carbonyl (C=O) groups excluding carboxylic acids is 2. The smallest absolute Gasteiger partial charge is 0.378 e. The van der Waals surface area contributed by atoms with Gasteiger partial charge in [0.15, 0.2) is 17.6 Å². The Kier molecular flexibility index (Phi) is 5.54. The molecule has 1 aliphatic heterocycles. The van der Waals surface area contributed by atoms with Gasteiger partial charge < -0.3 is 24.8 Å². The third-order valence-electron chi connectivity index (χ3n) is 4.10. The standard InChI is InChI=1S/C20H18O7/c21-10-15(22)18-19(17(24)20(25)27-18)26-11-12-6-8-14(9-7-12)16(23)13-4-2-1-3-5-13/h1-9,15,18,21-22,24H,10-11H2. The summed E-state index contributed by atoms with van der Waals surface area (Å²) in [6.07, 6.45) is -2.67. The van der Waals surface area contributed by atoms with Crippen molar-refractivity contribution in [1.29, 1.82) is 0 Å². The van der Waals surface area contributed by atoms with E-state index in [1.54, 1.807) is 48.5 Å². The van der Waals surface area contributed by atoms with Crippen molar-refractivity contribution >= 4 is 11.8 Å². The number of aliphatic hydroxyl groups is 3. The lowest BCUT2D eigenvalue weighted by atomic mass is 10.0. The predicted molar refractivity (Wildman–Crippen MR) is 93.7 cm³/mol. The normalized spacial score (nSPS) is 17.6. The van der Waals surface area contributed by atoms with Crippen LogP contribution in [0.5, 0.6) is 0 Å². The highest BCUT2D eigenvalue weighted by molar-refractivity contribution is 6.08. The van der Waals surface area contributed by atoms with Crippen molar-refractivity contribution < 1.29 is 34.4 Å². The predicted octanol–water partition coefficient (Wildman–Crippen LogP) is 1.48. The first kappa shape index (κ1) is 18.6. The summed E-state index contributed by atoms with van der Waals surface area (Å²) < 4.78 is 10.2. The van der Waals surface area contributed by atoms with E-state index in [0.29, 0.717) is 16.7 Å². The highest BCUT2D eigenvalue weighted by Crippen LogP contribution is 2.26. The number of rotatable bonds is 7. The van der Waals surface area contributed by atoms with Crippen LogP contribution >= 0.6 is 0 Å². The number of hydrogen-bond acceptors (Lipinski definition) is 7. The average Bonchev–Trinajstić information content (AvgIpc) is 3.00. The van der Waals surface area contributed by atoms with Crippen molar-refractivity contribution in [3.63, 3.8) is 0 Å². The molecule has 0 radical (unpaired) electrons. The van der Waals surface area contributed by atoms with Crippen molar-refractivity contribution in [3.05, 3.63) is 82.8 Å². The number of ketones is 1. The van der Waals surface area contributed by atoms with E-state index in [-0.39, 0.29) is 18.1 Å². The molecule has 0 aliphatic carbocycles. The molecule has 0 saturated heterocycles. The van der Waals surface area contributed by atoms with Crippen LogP contribution in [0.1, 0.15) is 21.5 Å². The highest BCUT2D eigenvalue weighted by atomic mass is 16.6. The van der Waals surface area contributed by atoms with Gasteiger partial charge in [-0.2, -0.15) is 0 Å². The lowest BCUT2D eigenvalue weighted by Crippen LogP contribution is -2.32. The number of hydrogen-bond donors (Lipinski definition) is 3. The SMILES string of the molecule is O=C1OC(C(O)CO)C(OCc2ccc(C(=O)c3ccccc3)cc2)=C1O. The van der Waals surface area contributed by atoms with E-state index in [1.807, 2.05) is 6.07 Å². The summed E-state index contributed by atoms with van der Waals surface area (Å²) in [6.45, 7) is -0.682. The zero-order valence-corrected chi connectivity index (χ0v) is 14.2. The second kappa shape index (κ2) is 8.03. The van der Waals surface area contributed by atoms with Crippen LogP contribution < -0.4 is 0 Å². The second-order valence-electron chi connectivity index (χ2n) is 5.97. The van der Waals surface area contributed by atoms with Gasteiger partial charge in [0.2, 0.25) is 5.76 Å². The molecule has 3 N–H and O–H groups in total. The number of ether oxygens (including phenoxy) is 2. The minimum Gasteiger partial charge on any atom is -0.499 e. The Morgan fingerprint density at radius 2 is 1.70 bits per heavy atom. The molecule has 0 fully saturated rings. The molecule has 2 aromatic carbocycles. The number of carbonyl (C=O) groups is 2. The Morgan fingerprint density at radius 3 is 2.33 bits per heavy atom. The van der Waals surface area contributed by atoms with E-state index >= 15 is 0 Å². The molecule has 1 aliphatic rings. The molecule has 2 unspecified atom stereocenters. The largest absolute Gasteiger partial charge is 0.499 e. The molecule has 27 heavy (non-hydrogen) atoms. The Labute approximate surface area is 155 Å². The fourth-order valence-corrected chi connectivity index (χ4v) is 2.63. The molecule has 2 atom stereocenters. The third kappa shape index (κ3) is 3.99. The maximum atomic E-state index is 12.4. The number of benzene rings is 2. The summed E-state index contributed by atoms with van der Waals surface area (Å²) in [7, 11) is 0. The highest BCUT2D eigenvalue weighted by Gasteiger charge is 2.40.